The van der Waals surface area contributed by atoms with Crippen LogP contribution in [0.5, 0.6) is 0 Å². The summed E-state index contributed by atoms with van der Waals surface area (Å²) in [6.07, 6.45) is -3.73. The van der Waals surface area contributed by atoms with E-state index in [0.29, 0.717) is 0 Å². The molecule has 0 rings (SSSR count). The summed E-state index contributed by atoms with van der Waals surface area (Å²) in [6, 6.07) is -0.511. The number of hydrogen-bond acceptors (Lipinski definition) is 4. The van der Waals surface area contributed by atoms with E-state index in [0.717, 1.165) is 0 Å². The van der Waals surface area contributed by atoms with Gasteiger partial charge in [-0.3, -0.25) is 11.3 Å². The second-order valence-corrected chi connectivity index (χ2v) is 2.90. The van der Waals surface area contributed by atoms with E-state index in [4.69, 9.17) is 5.84 Å². The number of hydrazine groups is 1. The van der Waals surface area contributed by atoms with E-state index in [9.17, 15) is 17.6 Å². The molecule has 0 aliphatic rings. The minimum atomic E-state index is -4.13. The Morgan fingerprint density at radius 2 is 1.93 bits per heavy atom. The molecule has 4 nitrogen and oxygen atoms in total. The van der Waals surface area contributed by atoms with Crippen LogP contribution in [0.3, 0.4) is 0 Å². The van der Waals surface area contributed by atoms with Gasteiger partial charge in [-0.2, -0.15) is 8.78 Å². The van der Waals surface area contributed by atoms with Gasteiger partial charge in [-0.25, -0.2) is 8.78 Å². The SMILES string of the molecule is COCC(COCC(F)(F)C(F)F)NN. The highest BCUT2D eigenvalue weighted by Gasteiger charge is 2.41. The van der Waals surface area contributed by atoms with Gasteiger partial charge < -0.3 is 9.47 Å². The standard InChI is InChI=1S/C7H14F4N2O2/c1-14-2-5(13-12)3-15-4-7(10,11)6(8)9/h5-6,13H,2-4,12H2,1H3. The molecule has 1 atom stereocenters. The van der Waals surface area contributed by atoms with Crippen LogP contribution < -0.4 is 11.3 Å². The molecule has 0 heterocycles. The van der Waals surface area contributed by atoms with Gasteiger partial charge >= 0.3 is 12.3 Å². The van der Waals surface area contributed by atoms with Crippen molar-refractivity contribution in [3.8, 4) is 0 Å². The van der Waals surface area contributed by atoms with Crippen LogP contribution in [0.4, 0.5) is 17.6 Å². The molecule has 0 saturated heterocycles. The van der Waals surface area contributed by atoms with Crippen molar-refractivity contribution in [3.63, 3.8) is 0 Å². The number of ether oxygens (including phenoxy) is 2. The first-order chi connectivity index (χ1) is 6.94. The van der Waals surface area contributed by atoms with Crippen molar-refractivity contribution >= 4 is 0 Å². The van der Waals surface area contributed by atoms with Crippen molar-refractivity contribution in [3.05, 3.63) is 0 Å². The maximum atomic E-state index is 12.3. The summed E-state index contributed by atoms with van der Waals surface area (Å²) in [5.74, 6) is 0.890. The molecule has 15 heavy (non-hydrogen) atoms. The molecule has 92 valence electrons. The topological polar surface area (TPSA) is 56.5 Å². The zero-order valence-electron chi connectivity index (χ0n) is 8.18. The lowest BCUT2D eigenvalue weighted by Gasteiger charge is -2.18. The Balaban J connectivity index is 3.76. The predicted molar refractivity (Wildman–Crippen MR) is 44.8 cm³/mol. The molecular formula is C7H14F4N2O2. The van der Waals surface area contributed by atoms with Crippen molar-refractivity contribution in [1.82, 2.24) is 5.43 Å². The highest BCUT2D eigenvalue weighted by atomic mass is 19.3. The Morgan fingerprint density at radius 3 is 2.33 bits per heavy atom. The summed E-state index contributed by atoms with van der Waals surface area (Å²) in [5, 5.41) is 0. The van der Waals surface area contributed by atoms with E-state index >= 15 is 0 Å². The molecule has 0 aliphatic heterocycles. The number of rotatable bonds is 8. The lowest BCUT2D eigenvalue weighted by atomic mass is 10.3. The molecule has 0 spiro atoms. The molecule has 3 N–H and O–H groups in total. The second kappa shape index (κ2) is 6.94. The van der Waals surface area contributed by atoms with Gasteiger partial charge in [-0.05, 0) is 0 Å². The molecule has 0 radical (unpaired) electrons. The first-order valence-corrected chi connectivity index (χ1v) is 4.12. The summed E-state index contributed by atoms with van der Waals surface area (Å²) in [4.78, 5) is 0. The van der Waals surface area contributed by atoms with Gasteiger partial charge in [-0.1, -0.05) is 0 Å². The summed E-state index contributed by atoms with van der Waals surface area (Å²) >= 11 is 0. The lowest BCUT2D eigenvalue weighted by Crippen LogP contribution is -2.43. The third-order valence-electron chi connectivity index (χ3n) is 1.54. The molecule has 0 bridgehead atoms. The Morgan fingerprint density at radius 1 is 1.33 bits per heavy atom. The Bertz CT molecular complexity index is 171. The van der Waals surface area contributed by atoms with Crippen molar-refractivity contribution in [2.45, 2.75) is 18.4 Å². The molecule has 0 aliphatic carbocycles. The minimum absolute atomic E-state index is 0.136. The van der Waals surface area contributed by atoms with Crippen LogP contribution in [0.15, 0.2) is 0 Å². The maximum Gasteiger partial charge on any atom is 0.330 e. The Hall–Kier alpha value is -0.440. The number of alkyl halides is 4. The Labute approximate surface area is 84.7 Å². The van der Waals surface area contributed by atoms with Gasteiger partial charge in [0.1, 0.15) is 6.61 Å². The molecule has 0 aromatic rings. The van der Waals surface area contributed by atoms with Crippen LogP contribution in [-0.2, 0) is 9.47 Å². The molecule has 0 amide bonds. The van der Waals surface area contributed by atoms with Crippen molar-refractivity contribution in [1.29, 1.82) is 0 Å². The fourth-order valence-electron chi connectivity index (χ4n) is 0.746. The number of nitrogens with one attached hydrogen (secondary N) is 1. The molecule has 0 fully saturated rings. The molecule has 0 aromatic carbocycles. The van der Waals surface area contributed by atoms with Crippen molar-refractivity contribution < 1.29 is 27.0 Å². The fourth-order valence-corrected chi connectivity index (χ4v) is 0.746. The highest BCUT2D eigenvalue weighted by molar-refractivity contribution is 4.69. The summed E-state index contributed by atoms with van der Waals surface area (Å²) < 4.78 is 57.1. The van der Waals surface area contributed by atoms with Gasteiger partial charge in [0, 0.05) is 7.11 Å². The molecule has 0 saturated carbocycles. The first-order valence-electron chi connectivity index (χ1n) is 4.12. The largest absolute Gasteiger partial charge is 0.383 e. The van der Waals surface area contributed by atoms with Crippen LogP contribution in [-0.4, -0.2) is 45.3 Å². The third-order valence-corrected chi connectivity index (χ3v) is 1.54. The van der Waals surface area contributed by atoms with Gasteiger partial charge in [-0.15, -0.1) is 0 Å². The molecule has 0 aromatic heterocycles. The molecule has 8 heteroatoms. The van der Waals surface area contributed by atoms with Gasteiger partial charge in [0.25, 0.3) is 0 Å². The van der Waals surface area contributed by atoms with Crippen molar-refractivity contribution in [2.24, 2.45) is 5.84 Å². The van der Waals surface area contributed by atoms with Gasteiger partial charge in [0.15, 0.2) is 0 Å². The van der Waals surface area contributed by atoms with E-state index in [2.05, 4.69) is 14.9 Å². The zero-order valence-corrected chi connectivity index (χ0v) is 8.18. The van der Waals surface area contributed by atoms with E-state index < -0.39 is 25.0 Å². The van der Waals surface area contributed by atoms with Crippen molar-refractivity contribution in [2.75, 3.05) is 26.9 Å². The monoisotopic (exact) mass is 234 g/mol. The smallest absolute Gasteiger partial charge is 0.330 e. The fraction of sp³-hybridized carbons (Fsp3) is 1.00. The van der Waals surface area contributed by atoms with E-state index in [1.807, 2.05) is 0 Å². The highest BCUT2D eigenvalue weighted by Crippen LogP contribution is 2.22. The van der Waals surface area contributed by atoms with Crippen LogP contribution in [0.2, 0.25) is 0 Å². The number of halogens is 4. The summed E-state index contributed by atoms with van der Waals surface area (Å²) in [7, 11) is 1.39. The number of hydrogen-bond donors (Lipinski definition) is 2. The van der Waals surface area contributed by atoms with Crippen LogP contribution in [0.25, 0.3) is 0 Å². The lowest BCUT2D eigenvalue weighted by molar-refractivity contribution is -0.167. The van der Waals surface area contributed by atoms with Crippen LogP contribution >= 0.6 is 0 Å². The summed E-state index contributed by atoms with van der Waals surface area (Å²) in [5.41, 5.74) is 2.24. The second-order valence-electron chi connectivity index (χ2n) is 2.90. The minimum Gasteiger partial charge on any atom is -0.383 e. The Kier molecular flexibility index (Phi) is 6.73. The van der Waals surface area contributed by atoms with E-state index in [1.54, 1.807) is 0 Å². The van der Waals surface area contributed by atoms with Crippen LogP contribution in [0.1, 0.15) is 0 Å². The maximum absolute atomic E-state index is 12.3. The molecule has 1 unspecified atom stereocenters. The quantitative estimate of drug-likeness (QED) is 0.362. The first kappa shape index (κ1) is 14.6. The normalized spacial score (nSPS) is 14.6. The predicted octanol–water partition coefficient (Wildman–Crippen LogP) is 0.382. The summed E-state index contributed by atoms with van der Waals surface area (Å²) in [6.45, 7) is -1.43. The average molecular weight is 234 g/mol. The average Bonchev–Trinajstić information content (AvgIpc) is 2.16. The van der Waals surface area contributed by atoms with Crippen LogP contribution in [0, 0.1) is 0 Å². The number of methoxy groups -OCH3 is 1. The van der Waals surface area contributed by atoms with E-state index in [-0.39, 0.29) is 13.2 Å². The molecular weight excluding hydrogens is 220 g/mol. The number of nitrogens with two attached hydrogens (primary N) is 1. The van der Waals surface area contributed by atoms with E-state index in [1.165, 1.54) is 7.11 Å². The third kappa shape index (κ3) is 5.88. The van der Waals surface area contributed by atoms with Gasteiger partial charge in [0.2, 0.25) is 0 Å². The zero-order chi connectivity index (χ0) is 11.9. The van der Waals surface area contributed by atoms with Gasteiger partial charge in [0.05, 0.1) is 19.3 Å².